The van der Waals surface area contributed by atoms with Crippen LogP contribution in [-0.4, -0.2) is 43.2 Å². The van der Waals surface area contributed by atoms with Crippen LogP contribution in [0.2, 0.25) is 0 Å². The van der Waals surface area contributed by atoms with E-state index in [2.05, 4.69) is 15.5 Å². The van der Waals surface area contributed by atoms with Gasteiger partial charge in [-0.2, -0.15) is 0 Å². The summed E-state index contributed by atoms with van der Waals surface area (Å²) in [5.41, 5.74) is 1.91. The SMILES string of the molecule is COc1cc(-c2ccc(SCC(=O)Nc3ccc(F)cc3)nn2)cc(OC)c1OC. The monoisotopic (exact) mass is 429 g/mol. The molecule has 0 atom stereocenters. The Labute approximate surface area is 177 Å². The average molecular weight is 429 g/mol. The summed E-state index contributed by atoms with van der Waals surface area (Å²) in [5.74, 6) is 1.10. The van der Waals surface area contributed by atoms with Crippen molar-refractivity contribution >= 4 is 23.4 Å². The number of methoxy groups -OCH3 is 3. The summed E-state index contributed by atoms with van der Waals surface area (Å²) >= 11 is 1.25. The van der Waals surface area contributed by atoms with Crippen molar-refractivity contribution < 1.29 is 23.4 Å². The number of nitrogens with one attached hydrogen (secondary N) is 1. The van der Waals surface area contributed by atoms with Crippen LogP contribution in [0.25, 0.3) is 11.3 Å². The summed E-state index contributed by atoms with van der Waals surface area (Å²) in [6, 6.07) is 12.7. The number of halogens is 1. The summed E-state index contributed by atoms with van der Waals surface area (Å²) in [4.78, 5) is 12.0. The topological polar surface area (TPSA) is 82.6 Å². The zero-order valence-electron chi connectivity index (χ0n) is 16.6. The Morgan fingerprint density at radius 3 is 2.17 bits per heavy atom. The molecular formula is C21H20FN3O4S. The van der Waals surface area contributed by atoms with E-state index < -0.39 is 0 Å². The zero-order chi connectivity index (χ0) is 21.5. The third-order valence-electron chi connectivity index (χ3n) is 4.08. The first kappa shape index (κ1) is 21.4. The molecule has 1 amide bonds. The van der Waals surface area contributed by atoms with E-state index in [-0.39, 0.29) is 17.5 Å². The van der Waals surface area contributed by atoms with E-state index in [0.717, 1.165) is 5.56 Å². The van der Waals surface area contributed by atoms with Gasteiger partial charge in [0, 0.05) is 11.3 Å². The summed E-state index contributed by atoms with van der Waals surface area (Å²) in [6.07, 6.45) is 0. The van der Waals surface area contributed by atoms with Crippen LogP contribution in [0.15, 0.2) is 53.6 Å². The Morgan fingerprint density at radius 2 is 1.63 bits per heavy atom. The van der Waals surface area contributed by atoms with E-state index in [4.69, 9.17) is 14.2 Å². The molecule has 0 unspecified atom stereocenters. The molecule has 30 heavy (non-hydrogen) atoms. The van der Waals surface area contributed by atoms with Gasteiger partial charge in [-0.15, -0.1) is 10.2 Å². The van der Waals surface area contributed by atoms with Crippen molar-refractivity contribution in [2.45, 2.75) is 5.03 Å². The lowest BCUT2D eigenvalue weighted by Gasteiger charge is -2.13. The van der Waals surface area contributed by atoms with Gasteiger partial charge in [0.2, 0.25) is 11.7 Å². The predicted molar refractivity (Wildman–Crippen MR) is 113 cm³/mol. The van der Waals surface area contributed by atoms with Gasteiger partial charge in [0.25, 0.3) is 0 Å². The number of rotatable bonds is 8. The number of thioether (sulfide) groups is 1. The van der Waals surface area contributed by atoms with Crippen molar-refractivity contribution in [3.63, 3.8) is 0 Å². The molecule has 1 N–H and O–H groups in total. The molecule has 0 bridgehead atoms. The molecule has 7 nitrogen and oxygen atoms in total. The highest BCUT2D eigenvalue weighted by molar-refractivity contribution is 7.99. The van der Waals surface area contributed by atoms with Crippen LogP contribution in [0.4, 0.5) is 10.1 Å². The lowest BCUT2D eigenvalue weighted by Crippen LogP contribution is -2.14. The fourth-order valence-electron chi connectivity index (χ4n) is 2.65. The van der Waals surface area contributed by atoms with Crippen molar-refractivity contribution in [2.75, 3.05) is 32.4 Å². The number of benzene rings is 2. The highest BCUT2D eigenvalue weighted by Gasteiger charge is 2.15. The minimum atomic E-state index is -0.357. The first-order valence-electron chi connectivity index (χ1n) is 8.86. The van der Waals surface area contributed by atoms with E-state index >= 15 is 0 Å². The number of amides is 1. The van der Waals surface area contributed by atoms with Gasteiger partial charge in [-0.25, -0.2) is 4.39 Å². The van der Waals surface area contributed by atoms with Gasteiger partial charge < -0.3 is 19.5 Å². The average Bonchev–Trinajstić information content (AvgIpc) is 2.78. The molecule has 1 aromatic heterocycles. The highest BCUT2D eigenvalue weighted by atomic mass is 32.2. The summed E-state index contributed by atoms with van der Waals surface area (Å²) < 4.78 is 29.0. The maximum atomic E-state index is 12.9. The maximum absolute atomic E-state index is 12.9. The van der Waals surface area contributed by atoms with Gasteiger partial charge in [0.05, 0.1) is 32.8 Å². The standard InChI is InChI=1S/C21H20FN3O4S/c1-27-17-10-13(11-18(28-2)21(17)29-3)16-8-9-20(25-24-16)30-12-19(26)23-15-6-4-14(22)5-7-15/h4-11H,12H2,1-3H3,(H,23,26). The molecule has 0 aliphatic carbocycles. The minimum absolute atomic E-state index is 0.148. The largest absolute Gasteiger partial charge is 0.493 e. The van der Waals surface area contributed by atoms with Crippen LogP contribution in [0, 0.1) is 5.82 Å². The molecule has 3 aromatic rings. The normalized spacial score (nSPS) is 10.4. The summed E-state index contributed by atoms with van der Waals surface area (Å²) in [7, 11) is 4.63. The molecule has 156 valence electrons. The first-order valence-corrected chi connectivity index (χ1v) is 9.85. The second kappa shape index (κ2) is 9.93. The van der Waals surface area contributed by atoms with Gasteiger partial charge in [0.1, 0.15) is 10.8 Å². The number of aromatic nitrogens is 2. The van der Waals surface area contributed by atoms with Gasteiger partial charge in [-0.1, -0.05) is 11.8 Å². The third kappa shape index (κ3) is 5.18. The van der Waals surface area contributed by atoms with E-state index in [9.17, 15) is 9.18 Å². The predicted octanol–water partition coefficient (Wildman–Crippen LogP) is 4.04. The van der Waals surface area contributed by atoms with Crippen LogP contribution >= 0.6 is 11.8 Å². The van der Waals surface area contributed by atoms with E-state index in [1.807, 2.05) is 0 Å². The van der Waals surface area contributed by atoms with Crippen molar-refractivity contribution in [2.24, 2.45) is 0 Å². The highest BCUT2D eigenvalue weighted by Crippen LogP contribution is 2.40. The van der Waals surface area contributed by atoms with E-state index in [1.165, 1.54) is 43.1 Å². The molecule has 0 aliphatic heterocycles. The number of carbonyl (C=O) groups excluding carboxylic acids is 1. The molecule has 0 saturated carbocycles. The van der Waals surface area contributed by atoms with Crippen molar-refractivity contribution in [1.29, 1.82) is 0 Å². The van der Waals surface area contributed by atoms with Crippen molar-refractivity contribution in [3.05, 3.63) is 54.3 Å². The van der Waals surface area contributed by atoms with Crippen LogP contribution in [0.3, 0.4) is 0 Å². The zero-order valence-corrected chi connectivity index (χ0v) is 17.5. The van der Waals surface area contributed by atoms with Gasteiger partial charge >= 0.3 is 0 Å². The number of hydrogen-bond acceptors (Lipinski definition) is 7. The van der Waals surface area contributed by atoms with Crippen LogP contribution in [0.1, 0.15) is 0 Å². The molecule has 0 radical (unpaired) electrons. The van der Waals surface area contributed by atoms with Crippen LogP contribution in [-0.2, 0) is 4.79 Å². The molecule has 0 spiro atoms. The number of ether oxygens (including phenoxy) is 3. The van der Waals surface area contributed by atoms with Crippen LogP contribution in [0.5, 0.6) is 17.2 Å². The lowest BCUT2D eigenvalue weighted by atomic mass is 10.1. The van der Waals surface area contributed by atoms with Crippen LogP contribution < -0.4 is 19.5 Å². The summed E-state index contributed by atoms with van der Waals surface area (Å²) in [6.45, 7) is 0. The fraction of sp³-hybridized carbons (Fsp3) is 0.190. The number of carbonyl (C=O) groups is 1. The van der Waals surface area contributed by atoms with E-state index in [0.29, 0.717) is 33.7 Å². The Hall–Kier alpha value is -3.33. The molecule has 0 aliphatic rings. The maximum Gasteiger partial charge on any atom is 0.234 e. The first-order chi connectivity index (χ1) is 14.5. The number of anilines is 1. The number of nitrogens with zero attached hydrogens (tertiary/aromatic N) is 2. The quantitative estimate of drug-likeness (QED) is 0.541. The Balaban J connectivity index is 1.66. The number of hydrogen-bond donors (Lipinski definition) is 1. The summed E-state index contributed by atoms with van der Waals surface area (Å²) in [5, 5.41) is 11.7. The smallest absolute Gasteiger partial charge is 0.234 e. The Kier molecular flexibility index (Phi) is 7.08. The molecule has 0 fully saturated rings. The van der Waals surface area contributed by atoms with Gasteiger partial charge in [0.15, 0.2) is 11.5 Å². The Bertz CT molecular complexity index is 989. The lowest BCUT2D eigenvalue weighted by molar-refractivity contribution is -0.113. The molecule has 3 rings (SSSR count). The molecule has 2 aromatic carbocycles. The van der Waals surface area contributed by atoms with Gasteiger partial charge in [-0.05, 0) is 48.5 Å². The van der Waals surface area contributed by atoms with Crippen molar-refractivity contribution in [3.8, 4) is 28.5 Å². The Morgan fingerprint density at radius 1 is 0.967 bits per heavy atom. The third-order valence-corrected chi connectivity index (χ3v) is 5.00. The molecule has 9 heteroatoms. The minimum Gasteiger partial charge on any atom is -0.493 e. The molecular weight excluding hydrogens is 409 g/mol. The molecule has 1 heterocycles. The molecule has 0 saturated heterocycles. The second-order valence-electron chi connectivity index (χ2n) is 6.01. The fourth-order valence-corrected chi connectivity index (χ4v) is 3.26. The van der Waals surface area contributed by atoms with Gasteiger partial charge in [-0.3, -0.25) is 4.79 Å². The van der Waals surface area contributed by atoms with E-state index in [1.54, 1.807) is 38.5 Å². The second-order valence-corrected chi connectivity index (χ2v) is 7.01. The van der Waals surface area contributed by atoms with Crippen molar-refractivity contribution in [1.82, 2.24) is 10.2 Å².